The Kier molecular flexibility index (Phi) is 3.48. The first kappa shape index (κ1) is 12.8. The minimum Gasteiger partial charge on any atom is -0.279 e. The standard InChI is InChI=1S/C16H16N2O2/c19-18(20)15-11-17(12-15)16(13-7-3-1-4-8-13)14-9-5-2-6-10-14/h1-10,15-16H,11-12H2. The van der Waals surface area contributed by atoms with Gasteiger partial charge in [-0.2, -0.15) is 0 Å². The first-order chi connectivity index (χ1) is 9.75. The number of benzene rings is 2. The molecule has 3 rings (SSSR count). The molecule has 1 saturated heterocycles. The summed E-state index contributed by atoms with van der Waals surface area (Å²) in [6.07, 6.45) is 0. The molecular weight excluding hydrogens is 252 g/mol. The van der Waals surface area contributed by atoms with Crippen molar-refractivity contribution in [2.24, 2.45) is 0 Å². The van der Waals surface area contributed by atoms with Crippen LogP contribution in [-0.4, -0.2) is 29.0 Å². The summed E-state index contributed by atoms with van der Waals surface area (Å²) in [4.78, 5) is 12.8. The summed E-state index contributed by atoms with van der Waals surface area (Å²) in [5.74, 6) is 0. The van der Waals surface area contributed by atoms with Gasteiger partial charge < -0.3 is 0 Å². The minimum absolute atomic E-state index is 0.105. The SMILES string of the molecule is O=[N+]([O-])C1CN(C(c2ccccc2)c2ccccc2)C1. The van der Waals surface area contributed by atoms with E-state index in [-0.39, 0.29) is 11.0 Å². The highest BCUT2D eigenvalue weighted by molar-refractivity contribution is 5.32. The molecule has 0 amide bonds. The molecule has 0 aliphatic carbocycles. The third-order valence-corrected chi connectivity index (χ3v) is 3.78. The van der Waals surface area contributed by atoms with Crippen LogP contribution in [0.15, 0.2) is 60.7 Å². The highest BCUT2D eigenvalue weighted by Gasteiger charge is 2.40. The number of rotatable bonds is 4. The number of nitro groups is 1. The lowest BCUT2D eigenvalue weighted by molar-refractivity contribution is -0.540. The Hall–Kier alpha value is -2.20. The van der Waals surface area contributed by atoms with E-state index in [0.29, 0.717) is 13.1 Å². The van der Waals surface area contributed by atoms with Gasteiger partial charge in [-0.05, 0) is 11.1 Å². The Morgan fingerprint density at radius 2 is 1.40 bits per heavy atom. The van der Waals surface area contributed by atoms with Crippen LogP contribution in [0.3, 0.4) is 0 Å². The van der Waals surface area contributed by atoms with Crippen LogP contribution in [0.5, 0.6) is 0 Å². The molecule has 1 fully saturated rings. The fourth-order valence-electron chi connectivity index (χ4n) is 2.72. The monoisotopic (exact) mass is 268 g/mol. The molecule has 0 aromatic heterocycles. The Balaban J connectivity index is 1.88. The maximum Gasteiger partial charge on any atom is 0.238 e. The van der Waals surface area contributed by atoms with Crippen molar-refractivity contribution in [3.8, 4) is 0 Å². The third kappa shape index (κ3) is 2.42. The second-order valence-electron chi connectivity index (χ2n) is 5.12. The highest BCUT2D eigenvalue weighted by Crippen LogP contribution is 2.32. The molecule has 1 aliphatic rings. The summed E-state index contributed by atoms with van der Waals surface area (Å²) in [6, 6.07) is 20.0. The second kappa shape index (κ2) is 5.43. The maximum absolute atomic E-state index is 10.8. The van der Waals surface area contributed by atoms with Crippen LogP contribution < -0.4 is 0 Å². The van der Waals surface area contributed by atoms with Gasteiger partial charge in [-0.3, -0.25) is 15.0 Å². The highest BCUT2D eigenvalue weighted by atomic mass is 16.6. The number of likely N-dealkylation sites (tertiary alicyclic amines) is 1. The van der Waals surface area contributed by atoms with Crippen molar-refractivity contribution in [1.29, 1.82) is 0 Å². The molecule has 0 saturated carbocycles. The Morgan fingerprint density at radius 3 is 1.80 bits per heavy atom. The average molecular weight is 268 g/mol. The van der Waals surface area contributed by atoms with Crippen molar-refractivity contribution in [1.82, 2.24) is 4.90 Å². The molecule has 0 spiro atoms. The van der Waals surface area contributed by atoms with E-state index in [1.54, 1.807) is 0 Å². The lowest BCUT2D eigenvalue weighted by Gasteiger charge is -2.40. The quantitative estimate of drug-likeness (QED) is 0.632. The summed E-state index contributed by atoms with van der Waals surface area (Å²) >= 11 is 0. The van der Waals surface area contributed by atoms with Crippen molar-refractivity contribution in [3.05, 3.63) is 81.9 Å². The van der Waals surface area contributed by atoms with Gasteiger partial charge in [0.1, 0.15) is 0 Å². The molecule has 0 atom stereocenters. The molecule has 102 valence electrons. The summed E-state index contributed by atoms with van der Waals surface area (Å²) in [5.41, 5.74) is 2.36. The Morgan fingerprint density at radius 1 is 0.950 bits per heavy atom. The van der Waals surface area contributed by atoms with Crippen LogP contribution >= 0.6 is 0 Å². The van der Waals surface area contributed by atoms with Gasteiger partial charge in [0, 0.05) is 4.92 Å². The number of hydrogen-bond acceptors (Lipinski definition) is 3. The fourth-order valence-corrected chi connectivity index (χ4v) is 2.72. The second-order valence-corrected chi connectivity index (χ2v) is 5.12. The molecule has 0 N–H and O–H groups in total. The van der Waals surface area contributed by atoms with Crippen molar-refractivity contribution >= 4 is 0 Å². The smallest absolute Gasteiger partial charge is 0.238 e. The van der Waals surface area contributed by atoms with E-state index < -0.39 is 6.04 Å². The van der Waals surface area contributed by atoms with Crippen molar-refractivity contribution in [2.75, 3.05) is 13.1 Å². The minimum atomic E-state index is -0.426. The van der Waals surface area contributed by atoms with E-state index in [4.69, 9.17) is 0 Å². The zero-order valence-electron chi connectivity index (χ0n) is 11.1. The molecule has 1 aliphatic heterocycles. The van der Waals surface area contributed by atoms with Gasteiger partial charge >= 0.3 is 0 Å². The van der Waals surface area contributed by atoms with Crippen LogP contribution in [0.2, 0.25) is 0 Å². The number of hydrogen-bond donors (Lipinski definition) is 0. The van der Waals surface area contributed by atoms with Gasteiger partial charge in [0.25, 0.3) is 0 Å². The molecule has 2 aromatic rings. The molecule has 4 nitrogen and oxygen atoms in total. The van der Waals surface area contributed by atoms with Gasteiger partial charge in [0.15, 0.2) is 0 Å². The van der Waals surface area contributed by atoms with Gasteiger partial charge in [-0.15, -0.1) is 0 Å². The lowest BCUT2D eigenvalue weighted by Crippen LogP contribution is -2.55. The lowest BCUT2D eigenvalue weighted by atomic mass is 9.93. The molecule has 20 heavy (non-hydrogen) atoms. The van der Waals surface area contributed by atoms with E-state index in [1.165, 1.54) is 11.1 Å². The van der Waals surface area contributed by atoms with Gasteiger partial charge in [-0.25, -0.2) is 0 Å². The van der Waals surface area contributed by atoms with E-state index >= 15 is 0 Å². The molecular formula is C16H16N2O2. The van der Waals surface area contributed by atoms with Crippen LogP contribution in [0.1, 0.15) is 17.2 Å². The zero-order chi connectivity index (χ0) is 13.9. The van der Waals surface area contributed by atoms with Crippen molar-refractivity contribution in [2.45, 2.75) is 12.1 Å². The van der Waals surface area contributed by atoms with Crippen molar-refractivity contribution in [3.63, 3.8) is 0 Å². The summed E-state index contributed by atoms with van der Waals surface area (Å²) in [7, 11) is 0. The zero-order valence-corrected chi connectivity index (χ0v) is 11.1. The molecule has 0 radical (unpaired) electrons. The topological polar surface area (TPSA) is 46.4 Å². The van der Waals surface area contributed by atoms with Crippen molar-refractivity contribution < 1.29 is 4.92 Å². The van der Waals surface area contributed by atoms with Crippen LogP contribution in [0.25, 0.3) is 0 Å². The molecule has 2 aromatic carbocycles. The molecule has 0 bridgehead atoms. The van der Waals surface area contributed by atoms with Crippen LogP contribution in [-0.2, 0) is 0 Å². The normalized spacial score (nSPS) is 16.1. The van der Waals surface area contributed by atoms with Crippen LogP contribution in [0.4, 0.5) is 0 Å². The van der Waals surface area contributed by atoms with E-state index in [9.17, 15) is 10.1 Å². The van der Waals surface area contributed by atoms with Gasteiger partial charge in [0.2, 0.25) is 6.04 Å². The van der Waals surface area contributed by atoms with Gasteiger partial charge in [0.05, 0.1) is 19.1 Å². The average Bonchev–Trinajstić information content (AvgIpc) is 2.43. The summed E-state index contributed by atoms with van der Waals surface area (Å²) in [6.45, 7) is 1.03. The van der Waals surface area contributed by atoms with Crippen LogP contribution in [0, 0.1) is 10.1 Å². The van der Waals surface area contributed by atoms with Gasteiger partial charge in [-0.1, -0.05) is 60.7 Å². The number of nitrogens with zero attached hydrogens (tertiary/aromatic N) is 2. The van der Waals surface area contributed by atoms with E-state index in [0.717, 1.165) is 0 Å². The fraction of sp³-hybridized carbons (Fsp3) is 0.250. The van der Waals surface area contributed by atoms with E-state index in [2.05, 4.69) is 29.2 Å². The van der Waals surface area contributed by atoms with E-state index in [1.807, 2.05) is 36.4 Å². The molecule has 4 heteroatoms. The summed E-state index contributed by atoms with van der Waals surface area (Å²) in [5, 5.41) is 10.8. The predicted octanol–water partition coefficient (Wildman–Crippen LogP) is 2.74. The maximum atomic E-state index is 10.8. The third-order valence-electron chi connectivity index (χ3n) is 3.78. The Labute approximate surface area is 117 Å². The summed E-state index contributed by atoms with van der Waals surface area (Å²) < 4.78 is 0. The largest absolute Gasteiger partial charge is 0.279 e. The first-order valence-electron chi connectivity index (χ1n) is 6.73. The molecule has 0 unspecified atom stereocenters. The molecule has 1 heterocycles. The first-order valence-corrected chi connectivity index (χ1v) is 6.73. The Bertz CT molecular complexity index is 540. The predicted molar refractivity (Wildman–Crippen MR) is 77.1 cm³/mol.